The first-order valence-corrected chi connectivity index (χ1v) is 8.37. The summed E-state index contributed by atoms with van der Waals surface area (Å²) in [6.07, 6.45) is 3.24. The molecule has 4 heteroatoms. The van der Waals surface area contributed by atoms with E-state index in [0.29, 0.717) is 0 Å². The van der Waals surface area contributed by atoms with E-state index in [2.05, 4.69) is 23.3 Å². The van der Waals surface area contributed by atoms with Crippen molar-refractivity contribution in [2.24, 2.45) is 0 Å². The average Bonchev–Trinajstić information content (AvgIpc) is 3.07. The van der Waals surface area contributed by atoms with Gasteiger partial charge in [-0.3, -0.25) is 4.79 Å². The zero-order valence-electron chi connectivity index (χ0n) is 12.6. The van der Waals surface area contributed by atoms with E-state index in [-0.39, 0.29) is 5.78 Å². The van der Waals surface area contributed by atoms with Gasteiger partial charge in [0.1, 0.15) is 0 Å². The molecule has 0 amide bonds. The van der Waals surface area contributed by atoms with Crippen LogP contribution in [-0.2, 0) is 19.4 Å². The number of ketones is 1. The molecule has 0 fully saturated rings. The Labute approximate surface area is 129 Å². The fourth-order valence-corrected chi connectivity index (χ4v) is 3.69. The van der Waals surface area contributed by atoms with Crippen molar-refractivity contribution in [1.29, 1.82) is 0 Å². The van der Waals surface area contributed by atoms with Crippen molar-refractivity contribution in [2.75, 3.05) is 11.4 Å². The van der Waals surface area contributed by atoms with Crippen molar-refractivity contribution in [3.63, 3.8) is 0 Å². The standard InChI is InChI=1S/C17H20N2OS/c1-3-4-17-18-15(11-21-17)10-19-8-7-14-9-13(12(2)20)5-6-16(14)19/h5-6,9,11H,3-4,7-8,10H2,1-2H3. The molecule has 110 valence electrons. The molecule has 2 aromatic rings. The van der Waals surface area contributed by atoms with Crippen LogP contribution >= 0.6 is 11.3 Å². The van der Waals surface area contributed by atoms with E-state index in [9.17, 15) is 4.79 Å². The van der Waals surface area contributed by atoms with Crippen LogP contribution in [0, 0.1) is 0 Å². The molecular formula is C17H20N2OS. The molecule has 1 aromatic heterocycles. The van der Waals surface area contributed by atoms with Gasteiger partial charge in [-0.15, -0.1) is 11.3 Å². The van der Waals surface area contributed by atoms with Crippen LogP contribution < -0.4 is 4.90 Å². The number of Topliss-reactive ketones (excluding diaryl/α,β-unsaturated/α-hetero) is 1. The van der Waals surface area contributed by atoms with Crippen LogP contribution in [0.1, 0.15) is 46.9 Å². The number of aryl methyl sites for hydroxylation is 1. The number of hydrogen-bond donors (Lipinski definition) is 0. The van der Waals surface area contributed by atoms with E-state index >= 15 is 0 Å². The first-order valence-electron chi connectivity index (χ1n) is 7.49. The van der Waals surface area contributed by atoms with Crippen LogP contribution in [-0.4, -0.2) is 17.3 Å². The van der Waals surface area contributed by atoms with E-state index in [1.165, 1.54) is 16.3 Å². The molecule has 1 aliphatic rings. The Bertz CT molecular complexity index is 663. The summed E-state index contributed by atoms with van der Waals surface area (Å²) in [7, 11) is 0. The van der Waals surface area contributed by atoms with Gasteiger partial charge in [-0.1, -0.05) is 6.92 Å². The summed E-state index contributed by atoms with van der Waals surface area (Å²) in [5.41, 5.74) is 4.51. The van der Waals surface area contributed by atoms with Crippen molar-refractivity contribution in [3.05, 3.63) is 45.4 Å². The minimum atomic E-state index is 0.139. The van der Waals surface area contributed by atoms with Gasteiger partial charge in [-0.25, -0.2) is 4.98 Å². The highest BCUT2D eigenvalue weighted by atomic mass is 32.1. The predicted octanol–water partition coefficient (Wildman–Crippen LogP) is 3.86. The van der Waals surface area contributed by atoms with Crippen molar-refractivity contribution in [2.45, 2.75) is 39.7 Å². The number of carbonyl (C=O) groups excluding carboxylic acids is 1. The molecule has 0 bridgehead atoms. The number of fused-ring (bicyclic) bond motifs is 1. The third kappa shape index (κ3) is 3.00. The van der Waals surface area contributed by atoms with Gasteiger partial charge in [0.25, 0.3) is 0 Å². The second kappa shape index (κ2) is 5.98. The molecule has 21 heavy (non-hydrogen) atoms. The molecule has 0 saturated heterocycles. The van der Waals surface area contributed by atoms with E-state index in [1.54, 1.807) is 18.3 Å². The van der Waals surface area contributed by atoms with Gasteiger partial charge in [0, 0.05) is 23.2 Å². The smallest absolute Gasteiger partial charge is 0.159 e. The van der Waals surface area contributed by atoms with Crippen molar-refractivity contribution in [3.8, 4) is 0 Å². The summed E-state index contributed by atoms with van der Waals surface area (Å²) in [4.78, 5) is 18.5. The van der Waals surface area contributed by atoms with Crippen LogP contribution in [0.2, 0.25) is 0 Å². The Balaban J connectivity index is 1.76. The molecule has 0 N–H and O–H groups in total. The lowest BCUT2D eigenvalue weighted by Crippen LogP contribution is -2.19. The van der Waals surface area contributed by atoms with Crippen LogP contribution in [0.5, 0.6) is 0 Å². The Morgan fingerprint density at radius 2 is 2.29 bits per heavy atom. The molecule has 3 rings (SSSR count). The molecule has 1 aromatic carbocycles. The Hall–Kier alpha value is -1.68. The number of hydrogen-bond acceptors (Lipinski definition) is 4. The van der Waals surface area contributed by atoms with Gasteiger partial charge in [0.05, 0.1) is 17.2 Å². The third-order valence-electron chi connectivity index (χ3n) is 3.89. The number of nitrogens with zero attached hydrogens (tertiary/aromatic N) is 2. The fraction of sp³-hybridized carbons (Fsp3) is 0.412. The lowest BCUT2D eigenvalue weighted by Gasteiger charge is -2.18. The van der Waals surface area contributed by atoms with Gasteiger partial charge in [0.15, 0.2) is 5.78 Å². The van der Waals surface area contributed by atoms with E-state index < -0.39 is 0 Å². The van der Waals surface area contributed by atoms with Crippen molar-refractivity contribution in [1.82, 2.24) is 4.98 Å². The van der Waals surface area contributed by atoms with Crippen LogP contribution in [0.4, 0.5) is 5.69 Å². The van der Waals surface area contributed by atoms with Crippen molar-refractivity contribution >= 4 is 22.8 Å². The Morgan fingerprint density at radius 3 is 3.05 bits per heavy atom. The topological polar surface area (TPSA) is 33.2 Å². The Morgan fingerprint density at radius 1 is 1.43 bits per heavy atom. The van der Waals surface area contributed by atoms with Gasteiger partial charge in [0.2, 0.25) is 0 Å². The third-order valence-corrected chi connectivity index (χ3v) is 4.85. The largest absolute Gasteiger partial charge is 0.365 e. The lowest BCUT2D eigenvalue weighted by atomic mass is 10.1. The van der Waals surface area contributed by atoms with E-state index in [0.717, 1.165) is 43.6 Å². The van der Waals surface area contributed by atoms with Gasteiger partial charge >= 0.3 is 0 Å². The van der Waals surface area contributed by atoms with Crippen molar-refractivity contribution < 1.29 is 4.79 Å². The molecule has 0 spiro atoms. The van der Waals surface area contributed by atoms with Crippen LogP contribution in [0.3, 0.4) is 0 Å². The predicted molar refractivity (Wildman–Crippen MR) is 87.3 cm³/mol. The second-order valence-corrected chi connectivity index (χ2v) is 6.50. The summed E-state index contributed by atoms with van der Waals surface area (Å²) >= 11 is 1.76. The number of benzene rings is 1. The molecule has 1 aliphatic heterocycles. The lowest BCUT2D eigenvalue weighted by molar-refractivity contribution is 0.101. The fourth-order valence-electron chi connectivity index (χ4n) is 2.80. The van der Waals surface area contributed by atoms with E-state index in [4.69, 9.17) is 4.98 Å². The first kappa shape index (κ1) is 14.3. The van der Waals surface area contributed by atoms with Gasteiger partial charge in [-0.2, -0.15) is 0 Å². The minimum absolute atomic E-state index is 0.139. The Kier molecular flexibility index (Phi) is 4.06. The highest BCUT2D eigenvalue weighted by Crippen LogP contribution is 2.30. The molecule has 0 aliphatic carbocycles. The highest BCUT2D eigenvalue weighted by Gasteiger charge is 2.20. The second-order valence-electron chi connectivity index (χ2n) is 5.55. The number of rotatable bonds is 5. The summed E-state index contributed by atoms with van der Waals surface area (Å²) in [6.45, 7) is 5.69. The average molecular weight is 300 g/mol. The summed E-state index contributed by atoms with van der Waals surface area (Å²) in [5, 5.41) is 3.41. The quantitative estimate of drug-likeness (QED) is 0.786. The minimum Gasteiger partial charge on any atom is -0.365 e. The maximum absolute atomic E-state index is 11.5. The molecule has 2 heterocycles. The molecule has 0 unspecified atom stereocenters. The van der Waals surface area contributed by atoms with Crippen LogP contribution in [0.25, 0.3) is 0 Å². The number of carbonyl (C=O) groups is 1. The molecule has 3 nitrogen and oxygen atoms in total. The van der Waals surface area contributed by atoms with Gasteiger partial charge in [-0.05, 0) is 49.9 Å². The maximum Gasteiger partial charge on any atom is 0.159 e. The maximum atomic E-state index is 11.5. The summed E-state index contributed by atoms with van der Waals surface area (Å²) in [6, 6.07) is 6.06. The number of anilines is 1. The van der Waals surface area contributed by atoms with E-state index in [1.807, 2.05) is 12.1 Å². The zero-order chi connectivity index (χ0) is 14.8. The number of thiazole rings is 1. The molecule has 0 radical (unpaired) electrons. The highest BCUT2D eigenvalue weighted by molar-refractivity contribution is 7.09. The zero-order valence-corrected chi connectivity index (χ0v) is 13.4. The monoisotopic (exact) mass is 300 g/mol. The summed E-state index contributed by atoms with van der Waals surface area (Å²) < 4.78 is 0. The molecule has 0 saturated carbocycles. The SMILES string of the molecule is CCCc1nc(CN2CCc3cc(C(C)=O)ccc32)cs1. The molecule has 0 atom stereocenters. The first-order chi connectivity index (χ1) is 10.2. The van der Waals surface area contributed by atoms with Gasteiger partial charge < -0.3 is 4.90 Å². The van der Waals surface area contributed by atoms with Crippen LogP contribution in [0.15, 0.2) is 23.6 Å². The summed E-state index contributed by atoms with van der Waals surface area (Å²) in [5.74, 6) is 0.139. The number of aromatic nitrogens is 1. The molecular weight excluding hydrogens is 280 g/mol. The normalized spacial score (nSPS) is 13.5.